The second-order valence-electron chi connectivity index (χ2n) is 2.71. The molecule has 0 atom stereocenters. The van der Waals surface area contributed by atoms with Crippen LogP contribution in [0, 0.1) is 0 Å². The number of nitrogens with zero attached hydrogens (tertiary/aromatic N) is 1. The van der Waals surface area contributed by atoms with Gasteiger partial charge in [0.15, 0.2) is 0 Å². The van der Waals surface area contributed by atoms with Crippen LogP contribution < -0.4 is 10.5 Å². The predicted molar refractivity (Wildman–Crippen MR) is 50.4 cm³/mol. The fourth-order valence-corrected chi connectivity index (χ4v) is 0.888. The number of pyridine rings is 1. The molecule has 0 bridgehead atoms. The molecule has 0 spiro atoms. The second-order valence-corrected chi connectivity index (χ2v) is 2.71. The van der Waals surface area contributed by atoms with Gasteiger partial charge in [0.1, 0.15) is 5.75 Å². The number of nitrogens with two attached hydrogens (primary N) is 1. The lowest BCUT2D eigenvalue weighted by Gasteiger charge is -2.04. The first kappa shape index (κ1) is 10.5. The molecule has 1 heterocycles. The SMILES string of the molecule is NCCCOc1cncc(C(=O)O)c1. The largest absolute Gasteiger partial charge is 0.492 e. The van der Waals surface area contributed by atoms with E-state index in [9.17, 15) is 4.79 Å². The quantitative estimate of drug-likeness (QED) is 0.670. The van der Waals surface area contributed by atoms with Crippen molar-refractivity contribution < 1.29 is 14.6 Å². The van der Waals surface area contributed by atoms with Crippen molar-refractivity contribution in [2.75, 3.05) is 13.2 Å². The molecule has 76 valence electrons. The summed E-state index contributed by atoms with van der Waals surface area (Å²) in [5.41, 5.74) is 5.40. The maximum atomic E-state index is 10.6. The third-order valence-electron chi connectivity index (χ3n) is 1.58. The Morgan fingerprint density at radius 3 is 3.00 bits per heavy atom. The van der Waals surface area contributed by atoms with Gasteiger partial charge in [-0.15, -0.1) is 0 Å². The van der Waals surface area contributed by atoms with Crippen molar-refractivity contribution in [2.45, 2.75) is 6.42 Å². The summed E-state index contributed by atoms with van der Waals surface area (Å²) in [6.07, 6.45) is 3.48. The van der Waals surface area contributed by atoms with Crippen LogP contribution in [-0.4, -0.2) is 29.2 Å². The van der Waals surface area contributed by atoms with Gasteiger partial charge in [0.25, 0.3) is 0 Å². The topological polar surface area (TPSA) is 85.4 Å². The van der Waals surface area contributed by atoms with E-state index in [0.717, 1.165) is 6.42 Å². The predicted octanol–water partition coefficient (Wildman–Crippen LogP) is 0.507. The van der Waals surface area contributed by atoms with Crippen molar-refractivity contribution in [3.63, 3.8) is 0 Å². The monoisotopic (exact) mass is 196 g/mol. The maximum Gasteiger partial charge on any atom is 0.337 e. The standard InChI is InChI=1S/C9H12N2O3/c10-2-1-3-14-8-4-7(9(12)13)5-11-6-8/h4-6H,1-3,10H2,(H,12,13). The van der Waals surface area contributed by atoms with E-state index < -0.39 is 5.97 Å². The van der Waals surface area contributed by atoms with Gasteiger partial charge >= 0.3 is 5.97 Å². The molecule has 5 heteroatoms. The number of aromatic nitrogens is 1. The molecular weight excluding hydrogens is 184 g/mol. The van der Waals surface area contributed by atoms with E-state index in [1.807, 2.05) is 0 Å². The zero-order valence-electron chi connectivity index (χ0n) is 7.64. The average Bonchev–Trinajstić information content (AvgIpc) is 2.19. The molecule has 0 aromatic carbocycles. The van der Waals surface area contributed by atoms with Crippen molar-refractivity contribution >= 4 is 5.97 Å². The highest BCUT2D eigenvalue weighted by Crippen LogP contribution is 2.11. The van der Waals surface area contributed by atoms with E-state index in [-0.39, 0.29) is 5.56 Å². The van der Waals surface area contributed by atoms with Crippen LogP contribution in [0.25, 0.3) is 0 Å². The summed E-state index contributed by atoms with van der Waals surface area (Å²) in [5.74, 6) is -0.555. The molecule has 3 N–H and O–H groups in total. The highest BCUT2D eigenvalue weighted by Gasteiger charge is 2.04. The Morgan fingerprint density at radius 2 is 2.36 bits per heavy atom. The summed E-state index contributed by atoms with van der Waals surface area (Å²) < 4.78 is 5.23. The molecule has 0 fully saturated rings. The first-order chi connectivity index (χ1) is 6.74. The summed E-state index contributed by atoms with van der Waals surface area (Å²) in [6.45, 7) is 1.02. The zero-order chi connectivity index (χ0) is 10.4. The van der Waals surface area contributed by atoms with Crippen LogP contribution in [0.4, 0.5) is 0 Å². The number of hydrogen-bond donors (Lipinski definition) is 2. The number of aromatic carboxylic acids is 1. The molecule has 0 saturated carbocycles. The lowest BCUT2D eigenvalue weighted by Crippen LogP contribution is -2.06. The van der Waals surface area contributed by atoms with Gasteiger partial charge in [0.2, 0.25) is 0 Å². The summed E-state index contributed by atoms with van der Waals surface area (Å²) in [6, 6.07) is 1.44. The van der Waals surface area contributed by atoms with Crippen LogP contribution in [0.5, 0.6) is 5.75 Å². The van der Waals surface area contributed by atoms with Gasteiger partial charge in [0, 0.05) is 6.20 Å². The Labute approximate surface area is 81.5 Å². The Bertz CT molecular complexity index is 315. The van der Waals surface area contributed by atoms with Crippen molar-refractivity contribution in [1.82, 2.24) is 4.98 Å². The van der Waals surface area contributed by atoms with Gasteiger partial charge in [0.05, 0.1) is 18.4 Å². The van der Waals surface area contributed by atoms with Crippen LogP contribution >= 0.6 is 0 Å². The molecular formula is C9H12N2O3. The van der Waals surface area contributed by atoms with E-state index in [2.05, 4.69) is 4.98 Å². The van der Waals surface area contributed by atoms with Gasteiger partial charge in [-0.2, -0.15) is 0 Å². The van der Waals surface area contributed by atoms with Crippen molar-refractivity contribution in [3.05, 3.63) is 24.0 Å². The Kier molecular flexibility index (Phi) is 3.87. The van der Waals surface area contributed by atoms with E-state index in [1.54, 1.807) is 0 Å². The number of hydrogen-bond acceptors (Lipinski definition) is 4. The smallest absolute Gasteiger partial charge is 0.337 e. The minimum absolute atomic E-state index is 0.121. The van der Waals surface area contributed by atoms with Crippen LogP contribution in [0.3, 0.4) is 0 Å². The molecule has 0 aliphatic carbocycles. The summed E-state index contributed by atoms with van der Waals surface area (Å²) in [7, 11) is 0. The number of ether oxygens (including phenoxy) is 1. The molecule has 0 aliphatic heterocycles. The number of carboxylic acid groups (broad SMARTS) is 1. The molecule has 0 aliphatic rings. The zero-order valence-corrected chi connectivity index (χ0v) is 7.64. The average molecular weight is 196 g/mol. The Hall–Kier alpha value is -1.62. The van der Waals surface area contributed by atoms with E-state index >= 15 is 0 Å². The van der Waals surface area contributed by atoms with Crippen LogP contribution in [-0.2, 0) is 0 Å². The summed E-state index contributed by atoms with van der Waals surface area (Å²) in [5, 5.41) is 8.67. The van der Waals surface area contributed by atoms with E-state index in [1.165, 1.54) is 18.5 Å². The summed E-state index contributed by atoms with van der Waals surface area (Å²) >= 11 is 0. The first-order valence-corrected chi connectivity index (χ1v) is 4.25. The molecule has 0 amide bonds. The maximum absolute atomic E-state index is 10.6. The van der Waals surface area contributed by atoms with Gasteiger partial charge in [-0.05, 0) is 19.0 Å². The highest BCUT2D eigenvalue weighted by atomic mass is 16.5. The lowest BCUT2D eigenvalue weighted by molar-refractivity contribution is 0.0696. The second kappa shape index (κ2) is 5.18. The normalized spacial score (nSPS) is 9.79. The number of carboxylic acids is 1. The van der Waals surface area contributed by atoms with Crippen LogP contribution in [0.2, 0.25) is 0 Å². The van der Waals surface area contributed by atoms with Crippen LogP contribution in [0.1, 0.15) is 16.8 Å². The Morgan fingerprint density at radius 1 is 1.57 bits per heavy atom. The lowest BCUT2D eigenvalue weighted by atomic mass is 10.3. The number of carbonyl (C=O) groups is 1. The first-order valence-electron chi connectivity index (χ1n) is 4.25. The Balaban J connectivity index is 2.59. The molecule has 0 radical (unpaired) electrons. The van der Waals surface area contributed by atoms with Crippen molar-refractivity contribution in [1.29, 1.82) is 0 Å². The molecule has 0 saturated heterocycles. The fraction of sp³-hybridized carbons (Fsp3) is 0.333. The summed E-state index contributed by atoms with van der Waals surface area (Å²) in [4.78, 5) is 14.3. The number of rotatable bonds is 5. The third-order valence-corrected chi connectivity index (χ3v) is 1.58. The van der Waals surface area contributed by atoms with E-state index in [0.29, 0.717) is 18.9 Å². The third kappa shape index (κ3) is 3.02. The highest BCUT2D eigenvalue weighted by molar-refractivity contribution is 5.87. The minimum atomic E-state index is -1.01. The molecule has 1 rings (SSSR count). The van der Waals surface area contributed by atoms with Gasteiger partial charge < -0.3 is 15.6 Å². The molecule has 0 unspecified atom stereocenters. The van der Waals surface area contributed by atoms with Gasteiger partial charge in [-0.1, -0.05) is 0 Å². The van der Waals surface area contributed by atoms with Crippen molar-refractivity contribution in [3.8, 4) is 5.75 Å². The molecule has 5 nitrogen and oxygen atoms in total. The van der Waals surface area contributed by atoms with Crippen LogP contribution in [0.15, 0.2) is 18.5 Å². The van der Waals surface area contributed by atoms with E-state index in [4.69, 9.17) is 15.6 Å². The van der Waals surface area contributed by atoms with Gasteiger partial charge in [-0.3, -0.25) is 4.98 Å². The molecule has 1 aromatic heterocycles. The minimum Gasteiger partial charge on any atom is -0.492 e. The fourth-order valence-electron chi connectivity index (χ4n) is 0.888. The van der Waals surface area contributed by atoms with Crippen molar-refractivity contribution in [2.24, 2.45) is 5.73 Å². The molecule has 1 aromatic rings. The van der Waals surface area contributed by atoms with Gasteiger partial charge in [-0.25, -0.2) is 4.79 Å². The molecule has 14 heavy (non-hydrogen) atoms.